The maximum Gasteiger partial charge on any atom is 0.155 e. The van der Waals surface area contributed by atoms with E-state index in [1.165, 1.54) is 18.3 Å². The van der Waals surface area contributed by atoms with Crippen molar-refractivity contribution in [3.05, 3.63) is 53.6 Å². The van der Waals surface area contributed by atoms with E-state index in [1.54, 1.807) is 25.3 Å². The first-order valence-corrected chi connectivity index (χ1v) is 5.66. The molecule has 2 aromatic rings. The zero-order valence-corrected chi connectivity index (χ0v) is 10.5. The van der Waals surface area contributed by atoms with Crippen molar-refractivity contribution in [3.63, 3.8) is 0 Å². The Morgan fingerprint density at radius 3 is 2.78 bits per heavy atom. The van der Waals surface area contributed by atoms with E-state index in [4.69, 9.17) is 22.7 Å². The Hall–Kier alpha value is -2.01. The molecule has 1 aromatic heterocycles. The Balaban J connectivity index is 2.37. The molecule has 2 rings (SSSR count). The van der Waals surface area contributed by atoms with Crippen LogP contribution in [0.4, 0.5) is 4.39 Å². The Bertz CT molecular complexity index is 601. The highest BCUT2D eigenvalue weighted by molar-refractivity contribution is 7.80. The van der Waals surface area contributed by atoms with Crippen LogP contribution in [-0.4, -0.2) is 9.97 Å². The molecular formula is C13H11FN2OS. The number of ether oxygens (including phenoxy) is 1. The summed E-state index contributed by atoms with van der Waals surface area (Å²) in [7, 11) is 0. The lowest BCUT2D eigenvalue weighted by Crippen LogP contribution is -2.11. The van der Waals surface area contributed by atoms with Crippen LogP contribution in [0.15, 0.2) is 36.7 Å². The van der Waals surface area contributed by atoms with Crippen molar-refractivity contribution in [2.45, 2.75) is 6.92 Å². The van der Waals surface area contributed by atoms with E-state index < -0.39 is 0 Å². The Labute approximate surface area is 109 Å². The fourth-order valence-electron chi connectivity index (χ4n) is 1.51. The lowest BCUT2D eigenvalue weighted by Gasteiger charge is -2.11. The SMILES string of the molecule is Cc1cc(F)ccc1Oc1cnccc1C(N)=S. The fourth-order valence-corrected chi connectivity index (χ4v) is 1.68. The summed E-state index contributed by atoms with van der Waals surface area (Å²) in [6.45, 7) is 1.76. The highest BCUT2D eigenvalue weighted by Gasteiger charge is 2.09. The predicted molar refractivity (Wildman–Crippen MR) is 71.3 cm³/mol. The summed E-state index contributed by atoms with van der Waals surface area (Å²) in [6.07, 6.45) is 3.11. The third kappa shape index (κ3) is 2.62. The van der Waals surface area contributed by atoms with Crippen molar-refractivity contribution in [2.75, 3.05) is 0 Å². The number of rotatable bonds is 3. The van der Waals surface area contributed by atoms with Crippen LogP contribution in [0.2, 0.25) is 0 Å². The van der Waals surface area contributed by atoms with Crippen LogP contribution in [0.25, 0.3) is 0 Å². The number of nitrogens with zero attached hydrogens (tertiary/aromatic N) is 1. The first kappa shape index (κ1) is 12.4. The van der Waals surface area contributed by atoms with Crippen LogP contribution in [0.1, 0.15) is 11.1 Å². The average Bonchev–Trinajstić information content (AvgIpc) is 2.33. The Morgan fingerprint density at radius 2 is 2.11 bits per heavy atom. The van der Waals surface area contributed by atoms with Crippen molar-refractivity contribution in [2.24, 2.45) is 5.73 Å². The van der Waals surface area contributed by atoms with Crippen molar-refractivity contribution in [1.82, 2.24) is 4.98 Å². The van der Waals surface area contributed by atoms with E-state index in [0.717, 1.165) is 0 Å². The maximum absolute atomic E-state index is 13.0. The minimum atomic E-state index is -0.305. The first-order chi connectivity index (χ1) is 8.58. The number of hydrogen-bond donors (Lipinski definition) is 1. The summed E-state index contributed by atoms with van der Waals surface area (Å²) < 4.78 is 18.6. The second kappa shape index (κ2) is 5.10. The highest BCUT2D eigenvalue weighted by atomic mass is 32.1. The van der Waals surface area contributed by atoms with E-state index in [2.05, 4.69) is 4.98 Å². The van der Waals surface area contributed by atoms with Gasteiger partial charge in [-0.3, -0.25) is 4.98 Å². The summed E-state index contributed by atoms with van der Waals surface area (Å²) >= 11 is 4.93. The Morgan fingerprint density at radius 1 is 1.33 bits per heavy atom. The zero-order chi connectivity index (χ0) is 13.1. The van der Waals surface area contributed by atoms with Crippen LogP contribution in [0, 0.1) is 12.7 Å². The predicted octanol–water partition coefficient (Wildman–Crippen LogP) is 2.96. The lowest BCUT2D eigenvalue weighted by atomic mass is 10.2. The summed E-state index contributed by atoms with van der Waals surface area (Å²) in [5.74, 6) is 0.696. The molecule has 0 atom stereocenters. The molecule has 0 saturated carbocycles. The van der Waals surface area contributed by atoms with Gasteiger partial charge >= 0.3 is 0 Å². The lowest BCUT2D eigenvalue weighted by molar-refractivity contribution is 0.473. The van der Waals surface area contributed by atoms with Gasteiger partial charge in [-0.05, 0) is 36.8 Å². The third-order valence-electron chi connectivity index (χ3n) is 2.41. The van der Waals surface area contributed by atoms with Gasteiger partial charge in [-0.1, -0.05) is 12.2 Å². The molecule has 0 unspecified atom stereocenters. The first-order valence-electron chi connectivity index (χ1n) is 5.26. The molecule has 0 fully saturated rings. The topological polar surface area (TPSA) is 48.1 Å². The number of pyridine rings is 1. The van der Waals surface area contributed by atoms with E-state index in [1.807, 2.05) is 0 Å². The van der Waals surface area contributed by atoms with Crippen molar-refractivity contribution in [1.29, 1.82) is 0 Å². The zero-order valence-electron chi connectivity index (χ0n) is 9.68. The number of benzene rings is 1. The van der Waals surface area contributed by atoms with Crippen LogP contribution >= 0.6 is 12.2 Å². The van der Waals surface area contributed by atoms with Gasteiger partial charge < -0.3 is 10.5 Å². The molecule has 18 heavy (non-hydrogen) atoms. The van der Waals surface area contributed by atoms with Gasteiger partial charge in [-0.25, -0.2) is 4.39 Å². The van der Waals surface area contributed by atoms with Crippen LogP contribution < -0.4 is 10.5 Å². The number of nitrogens with two attached hydrogens (primary N) is 1. The number of aromatic nitrogens is 1. The third-order valence-corrected chi connectivity index (χ3v) is 2.63. The molecule has 2 N–H and O–H groups in total. The number of thiocarbonyl (C=S) groups is 1. The van der Waals surface area contributed by atoms with Crippen molar-refractivity contribution in [3.8, 4) is 11.5 Å². The van der Waals surface area contributed by atoms with E-state index in [9.17, 15) is 4.39 Å². The largest absolute Gasteiger partial charge is 0.455 e. The monoisotopic (exact) mass is 262 g/mol. The van der Waals surface area contributed by atoms with Crippen LogP contribution in [0.5, 0.6) is 11.5 Å². The van der Waals surface area contributed by atoms with Crippen LogP contribution in [-0.2, 0) is 0 Å². The molecule has 0 spiro atoms. The molecule has 92 valence electrons. The second-order valence-electron chi connectivity index (χ2n) is 3.75. The molecule has 1 heterocycles. The van der Waals surface area contributed by atoms with Gasteiger partial charge in [-0.15, -0.1) is 0 Å². The van der Waals surface area contributed by atoms with Gasteiger partial charge in [-0.2, -0.15) is 0 Å². The van der Waals surface area contributed by atoms with Gasteiger partial charge in [0.15, 0.2) is 5.75 Å². The van der Waals surface area contributed by atoms with Gasteiger partial charge in [0.1, 0.15) is 16.6 Å². The molecule has 0 aliphatic carbocycles. The van der Waals surface area contributed by atoms with E-state index in [-0.39, 0.29) is 10.8 Å². The van der Waals surface area contributed by atoms with Crippen LogP contribution in [0.3, 0.4) is 0 Å². The molecule has 0 amide bonds. The van der Waals surface area contributed by atoms with Gasteiger partial charge in [0.25, 0.3) is 0 Å². The molecule has 0 aliphatic heterocycles. The molecule has 1 aromatic carbocycles. The number of aryl methyl sites for hydroxylation is 1. The van der Waals surface area contributed by atoms with E-state index in [0.29, 0.717) is 22.6 Å². The second-order valence-corrected chi connectivity index (χ2v) is 4.19. The van der Waals surface area contributed by atoms with Gasteiger partial charge in [0.2, 0.25) is 0 Å². The summed E-state index contributed by atoms with van der Waals surface area (Å²) in [5.41, 5.74) is 6.88. The smallest absolute Gasteiger partial charge is 0.155 e. The Kier molecular flexibility index (Phi) is 3.53. The standard InChI is InChI=1S/C13H11FN2OS/c1-8-6-9(14)2-3-11(8)17-12-7-16-5-4-10(12)13(15)18/h2-7H,1H3,(H2,15,18). The van der Waals surface area contributed by atoms with Crippen molar-refractivity contribution >= 4 is 17.2 Å². The molecule has 3 nitrogen and oxygen atoms in total. The summed E-state index contributed by atoms with van der Waals surface area (Å²) in [5, 5.41) is 0. The average molecular weight is 262 g/mol. The quantitative estimate of drug-likeness (QED) is 0.864. The normalized spacial score (nSPS) is 10.1. The summed E-state index contributed by atoms with van der Waals surface area (Å²) in [4.78, 5) is 4.19. The molecule has 0 saturated heterocycles. The summed E-state index contributed by atoms with van der Waals surface area (Å²) in [6, 6.07) is 5.96. The molecule has 5 heteroatoms. The minimum Gasteiger partial charge on any atom is -0.455 e. The molecule has 0 bridgehead atoms. The van der Waals surface area contributed by atoms with E-state index >= 15 is 0 Å². The van der Waals surface area contributed by atoms with Gasteiger partial charge in [0.05, 0.1) is 11.8 Å². The fraction of sp³-hybridized carbons (Fsp3) is 0.0769. The maximum atomic E-state index is 13.0. The molecule has 0 radical (unpaired) electrons. The number of halogens is 1. The minimum absolute atomic E-state index is 0.229. The van der Waals surface area contributed by atoms with Crippen molar-refractivity contribution < 1.29 is 9.13 Å². The molecule has 0 aliphatic rings. The number of hydrogen-bond acceptors (Lipinski definition) is 3. The highest BCUT2D eigenvalue weighted by Crippen LogP contribution is 2.27. The van der Waals surface area contributed by atoms with Gasteiger partial charge in [0, 0.05) is 6.20 Å². The molecular weight excluding hydrogens is 251 g/mol.